The van der Waals surface area contributed by atoms with Crippen LogP contribution < -0.4 is 0 Å². The standard InChI is InChI=1S/C20H29N5O/c1-4-25(5-2)20(26)15-24-12-10-23(11-13-24)14-19-21-16(3)17-8-6-7-9-18(17)22-19/h6-9H,4-5,10-15H2,1-3H3. The van der Waals surface area contributed by atoms with Crippen molar-refractivity contribution in [3.8, 4) is 0 Å². The van der Waals surface area contributed by atoms with E-state index in [0.29, 0.717) is 6.54 Å². The molecule has 6 nitrogen and oxygen atoms in total. The molecule has 140 valence electrons. The summed E-state index contributed by atoms with van der Waals surface area (Å²) in [7, 11) is 0. The second-order valence-corrected chi connectivity index (χ2v) is 6.86. The van der Waals surface area contributed by atoms with Crippen LogP contribution in [0, 0.1) is 6.92 Å². The smallest absolute Gasteiger partial charge is 0.236 e. The Morgan fingerprint density at radius 2 is 1.69 bits per heavy atom. The van der Waals surface area contributed by atoms with Crippen molar-refractivity contribution in [3.05, 3.63) is 35.8 Å². The minimum Gasteiger partial charge on any atom is -0.342 e. The number of para-hydroxylation sites is 1. The Morgan fingerprint density at radius 3 is 2.38 bits per heavy atom. The highest BCUT2D eigenvalue weighted by Crippen LogP contribution is 2.16. The zero-order valence-corrected chi connectivity index (χ0v) is 16.1. The molecule has 1 aromatic carbocycles. The van der Waals surface area contributed by atoms with Gasteiger partial charge in [-0.1, -0.05) is 18.2 Å². The van der Waals surface area contributed by atoms with Gasteiger partial charge in [-0.2, -0.15) is 0 Å². The van der Waals surface area contributed by atoms with Crippen molar-refractivity contribution in [2.24, 2.45) is 0 Å². The lowest BCUT2D eigenvalue weighted by Gasteiger charge is -2.34. The summed E-state index contributed by atoms with van der Waals surface area (Å²) in [5.41, 5.74) is 2.05. The molecular weight excluding hydrogens is 326 g/mol. The van der Waals surface area contributed by atoms with Gasteiger partial charge >= 0.3 is 0 Å². The first-order chi connectivity index (χ1) is 12.6. The summed E-state index contributed by atoms with van der Waals surface area (Å²) in [6.07, 6.45) is 0. The molecule has 2 heterocycles. The van der Waals surface area contributed by atoms with Gasteiger partial charge in [0.25, 0.3) is 0 Å². The number of hydrogen-bond acceptors (Lipinski definition) is 5. The van der Waals surface area contributed by atoms with E-state index >= 15 is 0 Å². The third kappa shape index (κ3) is 4.37. The monoisotopic (exact) mass is 355 g/mol. The number of rotatable bonds is 6. The number of carbonyl (C=O) groups excluding carboxylic acids is 1. The van der Waals surface area contributed by atoms with Crippen molar-refractivity contribution in [1.29, 1.82) is 0 Å². The predicted octanol–water partition coefficient (Wildman–Crippen LogP) is 1.92. The van der Waals surface area contributed by atoms with Gasteiger partial charge in [0, 0.05) is 50.3 Å². The second kappa shape index (κ2) is 8.56. The lowest BCUT2D eigenvalue weighted by Crippen LogP contribution is -2.49. The van der Waals surface area contributed by atoms with E-state index in [1.54, 1.807) is 0 Å². The van der Waals surface area contributed by atoms with Gasteiger partial charge in [0.15, 0.2) is 0 Å². The number of aromatic nitrogens is 2. The quantitative estimate of drug-likeness (QED) is 0.792. The molecule has 1 aromatic heterocycles. The van der Waals surface area contributed by atoms with Crippen LogP contribution in [0.4, 0.5) is 0 Å². The molecule has 1 saturated heterocycles. The summed E-state index contributed by atoms with van der Waals surface area (Å²) >= 11 is 0. The zero-order valence-electron chi connectivity index (χ0n) is 16.1. The van der Waals surface area contributed by atoms with Gasteiger partial charge in [0.2, 0.25) is 5.91 Å². The van der Waals surface area contributed by atoms with Crippen LogP contribution in [0.15, 0.2) is 24.3 Å². The first kappa shape index (κ1) is 18.7. The summed E-state index contributed by atoms with van der Waals surface area (Å²) in [5, 5.41) is 1.12. The maximum atomic E-state index is 12.3. The number of benzene rings is 1. The van der Waals surface area contributed by atoms with E-state index in [2.05, 4.69) is 20.9 Å². The fourth-order valence-corrected chi connectivity index (χ4v) is 3.54. The Bertz CT molecular complexity index is 751. The molecule has 0 bridgehead atoms. The van der Waals surface area contributed by atoms with Crippen LogP contribution in [0.2, 0.25) is 0 Å². The van der Waals surface area contributed by atoms with Crippen molar-refractivity contribution >= 4 is 16.8 Å². The van der Waals surface area contributed by atoms with Crippen molar-refractivity contribution in [2.45, 2.75) is 27.3 Å². The molecular formula is C20H29N5O. The van der Waals surface area contributed by atoms with E-state index in [-0.39, 0.29) is 5.91 Å². The molecule has 26 heavy (non-hydrogen) atoms. The first-order valence-corrected chi connectivity index (χ1v) is 9.55. The van der Waals surface area contributed by atoms with Gasteiger partial charge < -0.3 is 4.90 Å². The van der Waals surface area contributed by atoms with Crippen LogP contribution in [-0.4, -0.2) is 76.4 Å². The van der Waals surface area contributed by atoms with E-state index in [4.69, 9.17) is 4.98 Å². The van der Waals surface area contributed by atoms with Crippen LogP contribution in [-0.2, 0) is 11.3 Å². The number of amides is 1. The predicted molar refractivity (Wildman–Crippen MR) is 104 cm³/mol. The number of aryl methyl sites for hydroxylation is 1. The Labute approximate surface area is 155 Å². The average molecular weight is 355 g/mol. The van der Waals surface area contributed by atoms with Crippen LogP contribution in [0.25, 0.3) is 10.9 Å². The van der Waals surface area contributed by atoms with Crippen LogP contribution in [0.1, 0.15) is 25.4 Å². The molecule has 0 N–H and O–H groups in total. The molecule has 0 radical (unpaired) electrons. The zero-order chi connectivity index (χ0) is 18.5. The van der Waals surface area contributed by atoms with Crippen LogP contribution in [0.3, 0.4) is 0 Å². The van der Waals surface area contributed by atoms with Crippen LogP contribution in [0.5, 0.6) is 0 Å². The van der Waals surface area contributed by atoms with E-state index in [1.165, 1.54) is 0 Å². The van der Waals surface area contributed by atoms with Crippen molar-refractivity contribution in [3.63, 3.8) is 0 Å². The van der Waals surface area contributed by atoms with E-state index < -0.39 is 0 Å². The minimum absolute atomic E-state index is 0.233. The maximum absolute atomic E-state index is 12.3. The van der Waals surface area contributed by atoms with Gasteiger partial charge in [0.05, 0.1) is 18.6 Å². The Morgan fingerprint density at radius 1 is 1.04 bits per heavy atom. The van der Waals surface area contributed by atoms with Gasteiger partial charge in [-0.05, 0) is 26.8 Å². The maximum Gasteiger partial charge on any atom is 0.236 e. The number of hydrogen-bond donors (Lipinski definition) is 0. The summed E-state index contributed by atoms with van der Waals surface area (Å²) < 4.78 is 0. The molecule has 0 unspecified atom stereocenters. The highest BCUT2D eigenvalue weighted by atomic mass is 16.2. The molecule has 0 atom stereocenters. The Hall–Kier alpha value is -2.05. The number of fused-ring (bicyclic) bond motifs is 1. The van der Waals surface area contributed by atoms with E-state index in [0.717, 1.165) is 68.2 Å². The lowest BCUT2D eigenvalue weighted by atomic mass is 10.2. The first-order valence-electron chi connectivity index (χ1n) is 9.55. The minimum atomic E-state index is 0.233. The molecule has 2 aromatic rings. The molecule has 6 heteroatoms. The third-order valence-corrected chi connectivity index (χ3v) is 5.15. The fourth-order valence-electron chi connectivity index (χ4n) is 3.54. The number of piperazine rings is 1. The third-order valence-electron chi connectivity index (χ3n) is 5.15. The summed E-state index contributed by atoms with van der Waals surface area (Å²) in [6, 6.07) is 8.16. The van der Waals surface area contributed by atoms with Gasteiger partial charge in [0.1, 0.15) is 5.82 Å². The van der Waals surface area contributed by atoms with Gasteiger partial charge in [-0.15, -0.1) is 0 Å². The summed E-state index contributed by atoms with van der Waals surface area (Å²) in [5.74, 6) is 1.12. The molecule has 0 spiro atoms. The fraction of sp³-hybridized carbons (Fsp3) is 0.550. The van der Waals surface area contributed by atoms with Gasteiger partial charge in [-0.3, -0.25) is 14.6 Å². The second-order valence-electron chi connectivity index (χ2n) is 6.86. The Kier molecular flexibility index (Phi) is 6.16. The van der Waals surface area contributed by atoms with Gasteiger partial charge in [-0.25, -0.2) is 9.97 Å². The molecule has 1 amide bonds. The lowest BCUT2D eigenvalue weighted by molar-refractivity contribution is -0.132. The SMILES string of the molecule is CCN(CC)C(=O)CN1CCN(Cc2nc(C)c3ccccc3n2)CC1. The Balaban J connectivity index is 1.55. The number of carbonyl (C=O) groups is 1. The number of nitrogens with zero attached hydrogens (tertiary/aromatic N) is 5. The van der Waals surface area contributed by atoms with Crippen molar-refractivity contribution in [1.82, 2.24) is 24.7 Å². The van der Waals surface area contributed by atoms with Crippen molar-refractivity contribution < 1.29 is 4.79 Å². The molecule has 0 saturated carbocycles. The normalized spacial score (nSPS) is 16.1. The van der Waals surface area contributed by atoms with Crippen molar-refractivity contribution in [2.75, 3.05) is 45.8 Å². The number of likely N-dealkylation sites (N-methyl/N-ethyl adjacent to an activating group) is 1. The topological polar surface area (TPSA) is 52.6 Å². The summed E-state index contributed by atoms with van der Waals surface area (Å²) in [4.78, 5) is 28.2. The molecule has 0 aliphatic carbocycles. The highest BCUT2D eigenvalue weighted by Gasteiger charge is 2.21. The van der Waals surface area contributed by atoms with E-state index in [1.807, 2.05) is 43.9 Å². The molecule has 3 rings (SSSR count). The molecule has 1 aliphatic heterocycles. The van der Waals surface area contributed by atoms with Crippen LogP contribution >= 0.6 is 0 Å². The average Bonchev–Trinajstić information content (AvgIpc) is 2.64. The molecule has 1 aliphatic rings. The van der Waals surface area contributed by atoms with E-state index in [9.17, 15) is 4.79 Å². The highest BCUT2D eigenvalue weighted by molar-refractivity contribution is 5.80. The molecule has 1 fully saturated rings. The summed E-state index contributed by atoms with van der Waals surface area (Å²) in [6.45, 7) is 12.7. The largest absolute Gasteiger partial charge is 0.342 e.